The van der Waals surface area contributed by atoms with Crippen LogP contribution in [0.1, 0.15) is 5.56 Å². The van der Waals surface area contributed by atoms with Gasteiger partial charge in [0.1, 0.15) is 30.8 Å². The first-order chi connectivity index (χ1) is 16.1. The van der Waals surface area contributed by atoms with Crippen LogP contribution in [0.4, 0.5) is 14.5 Å². The summed E-state index contributed by atoms with van der Waals surface area (Å²) in [6.07, 6.45) is 0.953. The van der Waals surface area contributed by atoms with Crippen molar-refractivity contribution in [3.63, 3.8) is 0 Å². The molecule has 1 aliphatic heterocycles. The first-order valence-electron chi connectivity index (χ1n) is 9.78. The maximum atomic E-state index is 14.1. The van der Waals surface area contributed by atoms with E-state index in [-0.39, 0.29) is 21.4 Å². The van der Waals surface area contributed by atoms with Crippen LogP contribution < -0.4 is 4.90 Å². The van der Waals surface area contributed by atoms with Crippen molar-refractivity contribution >= 4 is 46.7 Å². The lowest BCUT2D eigenvalue weighted by molar-refractivity contribution is -0.152. The van der Waals surface area contributed by atoms with Crippen LogP contribution in [0.5, 0.6) is 0 Å². The zero-order chi connectivity index (χ0) is 24.6. The molecular weight excluding hydrogens is 495 g/mol. The van der Waals surface area contributed by atoms with E-state index in [1.807, 2.05) is 0 Å². The summed E-state index contributed by atoms with van der Waals surface area (Å²) < 4.78 is 28.6. The molecule has 1 fully saturated rings. The van der Waals surface area contributed by atoms with E-state index in [1.165, 1.54) is 16.9 Å². The Balaban J connectivity index is 1.62. The van der Waals surface area contributed by atoms with Gasteiger partial charge >= 0.3 is 5.97 Å². The number of carboxylic acid groups (broad SMARTS) is 1. The van der Waals surface area contributed by atoms with Crippen molar-refractivity contribution in [2.24, 2.45) is 0 Å². The number of anilines is 1. The van der Waals surface area contributed by atoms with Crippen molar-refractivity contribution in [1.29, 1.82) is 0 Å². The van der Waals surface area contributed by atoms with Gasteiger partial charge in [-0.2, -0.15) is 0 Å². The number of carbonyl (C=O) groups excluding carboxylic acids is 2. The number of hydrogen-bond donors (Lipinski definition) is 1. The van der Waals surface area contributed by atoms with Gasteiger partial charge in [0.15, 0.2) is 5.15 Å². The molecule has 1 N–H and O–H groups in total. The maximum absolute atomic E-state index is 14.1. The van der Waals surface area contributed by atoms with Crippen molar-refractivity contribution in [3.05, 3.63) is 70.0 Å². The molecule has 9 nitrogen and oxygen atoms in total. The molecule has 1 saturated heterocycles. The van der Waals surface area contributed by atoms with E-state index in [0.717, 1.165) is 21.9 Å². The third-order valence-corrected chi connectivity index (χ3v) is 5.66. The van der Waals surface area contributed by atoms with Crippen molar-refractivity contribution in [3.8, 4) is 5.69 Å². The number of benzene rings is 2. The molecule has 1 atom stereocenters. The lowest BCUT2D eigenvalue weighted by Gasteiger charge is -2.37. The van der Waals surface area contributed by atoms with E-state index in [1.54, 1.807) is 12.1 Å². The van der Waals surface area contributed by atoms with E-state index in [4.69, 9.17) is 23.2 Å². The third-order valence-electron chi connectivity index (χ3n) is 5.25. The van der Waals surface area contributed by atoms with Crippen LogP contribution in [0.25, 0.3) is 5.69 Å². The zero-order valence-electron chi connectivity index (χ0n) is 17.2. The summed E-state index contributed by atoms with van der Waals surface area (Å²) in [6, 6.07) is 5.74. The summed E-state index contributed by atoms with van der Waals surface area (Å²) in [5, 5.41) is 17.6. The van der Waals surface area contributed by atoms with Gasteiger partial charge in [0.05, 0.1) is 17.6 Å². The number of piperazine rings is 1. The number of rotatable bonds is 6. The second-order valence-corrected chi connectivity index (χ2v) is 8.24. The van der Waals surface area contributed by atoms with Gasteiger partial charge in [-0.05, 0) is 29.8 Å². The summed E-state index contributed by atoms with van der Waals surface area (Å²) in [5.74, 6) is -4.48. The zero-order valence-corrected chi connectivity index (χ0v) is 18.7. The molecule has 0 bridgehead atoms. The van der Waals surface area contributed by atoms with E-state index in [2.05, 4.69) is 10.3 Å². The summed E-state index contributed by atoms with van der Waals surface area (Å²) in [5.41, 5.74) is 0.502. The second kappa shape index (κ2) is 9.35. The molecule has 2 aromatic carbocycles. The van der Waals surface area contributed by atoms with Gasteiger partial charge in [-0.3, -0.25) is 14.5 Å². The van der Waals surface area contributed by atoms with Crippen LogP contribution in [-0.2, 0) is 20.8 Å². The topological polar surface area (TPSA) is 109 Å². The molecule has 2 heterocycles. The summed E-state index contributed by atoms with van der Waals surface area (Å²) in [6.45, 7) is -1.08. The average Bonchev–Trinajstić information content (AvgIpc) is 3.20. The van der Waals surface area contributed by atoms with Gasteiger partial charge in [0.25, 0.3) is 0 Å². The van der Waals surface area contributed by atoms with E-state index < -0.39 is 55.0 Å². The molecule has 1 unspecified atom stereocenters. The Morgan fingerprint density at radius 1 is 1.06 bits per heavy atom. The third kappa shape index (κ3) is 4.70. The predicted octanol–water partition coefficient (Wildman–Crippen LogP) is 2.72. The van der Waals surface area contributed by atoms with E-state index in [0.29, 0.717) is 11.8 Å². The highest BCUT2D eigenvalue weighted by atomic mass is 35.5. The van der Waals surface area contributed by atoms with Crippen LogP contribution in [0.2, 0.25) is 10.2 Å². The number of halogens is 4. The molecule has 2 amide bonds. The number of carboxylic acids is 1. The highest BCUT2D eigenvalue weighted by molar-refractivity contribution is 6.31. The Hall–Kier alpha value is -3.57. The highest BCUT2D eigenvalue weighted by Gasteiger charge is 2.39. The Kier molecular flexibility index (Phi) is 6.49. The fraction of sp³-hybridized carbons (Fsp3) is 0.190. The smallest absolute Gasteiger partial charge is 0.326 e. The fourth-order valence-electron chi connectivity index (χ4n) is 3.63. The van der Waals surface area contributed by atoms with Crippen LogP contribution >= 0.6 is 23.2 Å². The molecule has 176 valence electrons. The quantitative estimate of drug-likeness (QED) is 0.547. The van der Waals surface area contributed by atoms with Gasteiger partial charge in [0, 0.05) is 17.5 Å². The summed E-state index contributed by atoms with van der Waals surface area (Å²) in [4.78, 5) is 39.9. The first-order valence-corrected chi connectivity index (χ1v) is 10.5. The fourth-order valence-corrected chi connectivity index (χ4v) is 3.92. The molecule has 1 aliphatic rings. The first kappa shape index (κ1) is 23.6. The van der Waals surface area contributed by atoms with Gasteiger partial charge in [-0.15, -0.1) is 5.10 Å². The van der Waals surface area contributed by atoms with Crippen molar-refractivity contribution in [1.82, 2.24) is 19.9 Å². The minimum Gasteiger partial charge on any atom is -0.480 e. The normalized spacial score (nSPS) is 15.1. The van der Waals surface area contributed by atoms with Gasteiger partial charge in [-0.1, -0.05) is 34.5 Å². The molecule has 1 aromatic heterocycles. The van der Waals surface area contributed by atoms with E-state index in [9.17, 15) is 28.3 Å². The Labute approximate surface area is 201 Å². The molecule has 0 saturated carbocycles. The number of amides is 2. The van der Waals surface area contributed by atoms with Crippen molar-refractivity contribution < 1.29 is 28.3 Å². The minimum absolute atomic E-state index is 0.100. The standard InChI is InChI=1S/C21H15Cl2F2N5O4/c22-12-2-4-15(30-8-18(23)26-27-30)16(6-12)28-9-20(32)29(10-19(28)31)17(21(33)34)5-11-1-3-13(24)7-14(11)25/h1-4,6-8,17H,5,9-10H2,(H,33,34). The highest BCUT2D eigenvalue weighted by Crippen LogP contribution is 2.30. The van der Waals surface area contributed by atoms with Gasteiger partial charge in [-0.25, -0.2) is 18.3 Å². The molecule has 0 spiro atoms. The van der Waals surface area contributed by atoms with Crippen molar-refractivity contribution in [2.75, 3.05) is 18.0 Å². The summed E-state index contributed by atoms with van der Waals surface area (Å²) >= 11 is 11.9. The predicted molar refractivity (Wildman–Crippen MR) is 117 cm³/mol. The van der Waals surface area contributed by atoms with Crippen LogP contribution in [0.15, 0.2) is 42.6 Å². The van der Waals surface area contributed by atoms with Gasteiger partial charge < -0.3 is 10.0 Å². The minimum atomic E-state index is -1.54. The monoisotopic (exact) mass is 509 g/mol. The number of aromatic nitrogens is 3. The maximum Gasteiger partial charge on any atom is 0.326 e. The molecule has 13 heteroatoms. The molecule has 3 aromatic rings. The Morgan fingerprint density at radius 2 is 1.82 bits per heavy atom. The number of nitrogens with zero attached hydrogens (tertiary/aromatic N) is 5. The molecule has 0 aliphatic carbocycles. The summed E-state index contributed by atoms with van der Waals surface area (Å²) in [7, 11) is 0. The van der Waals surface area contributed by atoms with Crippen LogP contribution in [0.3, 0.4) is 0 Å². The average molecular weight is 510 g/mol. The van der Waals surface area contributed by atoms with Crippen molar-refractivity contribution in [2.45, 2.75) is 12.5 Å². The van der Waals surface area contributed by atoms with Gasteiger partial charge in [0.2, 0.25) is 11.8 Å². The molecule has 0 radical (unpaired) electrons. The van der Waals surface area contributed by atoms with Crippen LogP contribution in [0, 0.1) is 11.6 Å². The van der Waals surface area contributed by atoms with E-state index >= 15 is 0 Å². The Bertz CT molecular complexity index is 1300. The molecular formula is C21H15Cl2F2N5O4. The SMILES string of the molecule is O=C(O)C(Cc1ccc(F)cc1F)N1CC(=O)N(c2cc(Cl)ccc2-n2cc(Cl)nn2)CC1=O. The molecule has 34 heavy (non-hydrogen) atoms. The number of hydrogen-bond acceptors (Lipinski definition) is 5. The van der Waals surface area contributed by atoms with Crippen LogP contribution in [-0.4, -0.2) is 61.9 Å². The number of aliphatic carboxylic acids is 1. The molecule has 4 rings (SSSR count). The lowest BCUT2D eigenvalue weighted by Crippen LogP contribution is -2.59. The lowest BCUT2D eigenvalue weighted by atomic mass is 10.0. The number of carbonyl (C=O) groups is 3. The second-order valence-electron chi connectivity index (χ2n) is 7.41. The largest absolute Gasteiger partial charge is 0.480 e. The Morgan fingerprint density at radius 3 is 2.47 bits per heavy atom.